The van der Waals surface area contributed by atoms with Crippen LogP contribution in [0.2, 0.25) is 0 Å². The molecule has 0 fully saturated rings. The molecule has 0 atom stereocenters. The molecule has 19 heavy (non-hydrogen) atoms. The molecule has 0 aliphatic carbocycles. The Morgan fingerprint density at radius 2 is 1.74 bits per heavy atom. The van der Waals surface area contributed by atoms with E-state index in [2.05, 4.69) is 41.9 Å². The Morgan fingerprint density at radius 1 is 1.11 bits per heavy atom. The smallest absolute Gasteiger partial charge is 0.104 e. The summed E-state index contributed by atoms with van der Waals surface area (Å²) in [5.41, 5.74) is 9.77. The SMILES string of the molecule is CSc1ccc(Nc2ccc(C(N)=S)c(C)c2)cc1. The number of thiocarbonyl (C=S) groups is 1. The van der Waals surface area contributed by atoms with Crippen molar-refractivity contribution in [2.75, 3.05) is 11.6 Å². The van der Waals surface area contributed by atoms with Crippen LogP contribution in [0.4, 0.5) is 11.4 Å². The van der Waals surface area contributed by atoms with E-state index in [1.165, 1.54) is 4.90 Å². The molecule has 2 aromatic rings. The summed E-state index contributed by atoms with van der Waals surface area (Å²) >= 11 is 6.74. The van der Waals surface area contributed by atoms with Gasteiger partial charge in [0, 0.05) is 21.8 Å². The summed E-state index contributed by atoms with van der Waals surface area (Å²) in [6.45, 7) is 2.01. The van der Waals surface area contributed by atoms with Gasteiger partial charge in [-0.1, -0.05) is 12.2 Å². The number of aryl methyl sites for hydroxylation is 1. The van der Waals surface area contributed by atoms with Gasteiger partial charge in [-0.2, -0.15) is 0 Å². The van der Waals surface area contributed by atoms with Gasteiger partial charge in [-0.15, -0.1) is 11.8 Å². The van der Waals surface area contributed by atoms with Crippen molar-refractivity contribution in [1.82, 2.24) is 0 Å². The number of rotatable bonds is 4. The van der Waals surface area contributed by atoms with Gasteiger partial charge in [0.2, 0.25) is 0 Å². The molecule has 0 heterocycles. The van der Waals surface area contributed by atoms with Gasteiger partial charge in [0.1, 0.15) is 4.99 Å². The standard InChI is InChI=1S/C15H16N2S2/c1-10-9-12(5-8-14(10)15(16)18)17-11-3-6-13(19-2)7-4-11/h3-9,17H,1-2H3,(H2,16,18). The molecule has 98 valence electrons. The van der Waals surface area contributed by atoms with E-state index in [9.17, 15) is 0 Å². The fraction of sp³-hybridized carbons (Fsp3) is 0.133. The zero-order valence-electron chi connectivity index (χ0n) is 10.9. The van der Waals surface area contributed by atoms with E-state index in [4.69, 9.17) is 18.0 Å². The predicted molar refractivity (Wildman–Crippen MR) is 88.6 cm³/mol. The summed E-state index contributed by atoms with van der Waals surface area (Å²) < 4.78 is 0. The lowest BCUT2D eigenvalue weighted by molar-refractivity contribution is 1.41. The van der Waals surface area contributed by atoms with Crippen LogP contribution in [-0.4, -0.2) is 11.2 Å². The Labute approximate surface area is 123 Å². The Morgan fingerprint density at radius 3 is 2.26 bits per heavy atom. The largest absolute Gasteiger partial charge is 0.389 e. The maximum Gasteiger partial charge on any atom is 0.104 e. The highest BCUT2D eigenvalue weighted by atomic mass is 32.2. The van der Waals surface area contributed by atoms with E-state index in [1.807, 2.05) is 19.1 Å². The molecule has 2 nitrogen and oxygen atoms in total. The summed E-state index contributed by atoms with van der Waals surface area (Å²) in [5, 5.41) is 3.37. The van der Waals surface area contributed by atoms with E-state index in [1.54, 1.807) is 11.8 Å². The maximum absolute atomic E-state index is 5.66. The molecule has 0 spiro atoms. The summed E-state index contributed by atoms with van der Waals surface area (Å²) in [6.07, 6.45) is 2.07. The van der Waals surface area contributed by atoms with Crippen molar-refractivity contribution in [1.29, 1.82) is 0 Å². The molecular weight excluding hydrogens is 272 g/mol. The van der Waals surface area contributed by atoms with E-state index < -0.39 is 0 Å². The lowest BCUT2D eigenvalue weighted by atomic mass is 10.1. The second-order valence-electron chi connectivity index (χ2n) is 4.25. The number of anilines is 2. The lowest BCUT2D eigenvalue weighted by Crippen LogP contribution is -2.11. The van der Waals surface area contributed by atoms with Crippen LogP contribution in [0.5, 0.6) is 0 Å². The molecule has 0 saturated heterocycles. The summed E-state index contributed by atoms with van der Waals surface area (Å²) in [6, 6.07) is 14.3. The topological polar surface area (TPSA) is 38.0 Å². The van der Waals surface area contributed by atoms with Crippen molar-refractivity contribution >= 4 is 40.3 Å². The average molecular weight is 288 g/mol. The van der Waals surface area contributed by atoms with Crippen molar-refractivity contribution in [3.63, 3.8) is 0 Å². The zero-order chi connectivity index (χ0) is 13.8. The van der Waals surface area contributed by atoms with Gasteiger partial charge in [-0.25, -0.2) is 0 Å². The summed E-state index contributed by atoms with van der Waals surface area (Å²) in [5.74, 6) is 0. The van der Waals surface area contributed by atoms with Gasteiger partial charge >= 0.3 is 0 Å². The van der Waals surface area contributed by atoms with Crippen LogP contribution in [0.3, 0.4) is 0 Å². The lowest BCUT2D eigenvalue weighted by Gasteiger charge is -2.10. The minimum Gasteiger partial charge on any atom is -0.389 e. The minimum absolute atomic E-state index is 0.438. The summed E-state index contributed by atoms with van der Waals surface area (Å²) in [7, 11) is 0. The predicted octanol–water partition coefficient (Wildman–Crippen LogP) is 4.09. The molecule has 0 saturated carbocycles. The maximum atomic E-state index is 5.66. The van der Waals surface area contributed by atoms with Crippen LogP contribution in [0, 0.1) is 6.92 Å². The number of hydrogen-bond donors (Lipinski definition) is 2. The molecule has 0 unspecified atom stereocenters. The molecule has 0 bridgehead atoms. The Balaban J connectivity index is 2.18. The Hall–Kier alpha value is -1.52. The molecule has 0 radical (unpaired) electrons. The van der Waals surface area contributed by atoms with E-state index in [0.29, 0.717) is 4.99 Å². The normalized spacial score (nSPS) is 10.2. The number of nitrogens with two attached hydrogens (primary N) is 1. The van der Waals surface area contributed by atoms with Crippen molar-refractivity contribution in [2.24, 2.45) is 5.73 Å². The average Bonchev–Trinajstić information content (AvgIpc) is 2.39. The van der Waals surface area contributed by atoms with Gasteiger partial charge in [0.25, 0.3) is 0 Å². The van der Waals surface area contributed by atoms with Gasteiger partial charge < -0.3 is 11.1 Å². The van der Waals surface area contributed by atoms with E-state index in [0.717, 1.165) is 22.5 Å². The first-order chi connectivity index (χ1) is 9.10. The van der Waals surface area contributed by atoms with Crippen LogP contribution >= 0.6 is 24.0 Å². The Bertz CT molecular complexity index is 592. The molecular formula is C15H16N2S2. The fourth-order valence-corrected chi connectivity index (χ4v) is 2.50. The quantitative estimate of drug-likeness (QED) is 0.656. The first-order valence-corrected chi connectivity index (χ1v) is 7.55. The minimum atomic E-state index is 0.438. The molecule has 2 aromatic carbocycles. The van der Waals surface area contributed by atoms with Crippen molar-refractivity contribution in [3.8, 4) is 0 Å². The van der Waals surface area contributed by atoms with Crippen LogP contribution in [-0.2, 0) is 0 Å². The third-order valence-corrected chi connectivity index (χ3v) is 3.83. The van der Waals surface area contributed by atoms with Crippen molar-refractivity contribution in [2.45, 2.75) is 11.8 Å². The van der Waals surface area contributed by atoms with Crippen LogP contribution in [0.25, 0.3) is 0 Å². The van der Waals surface area contributed by atoms with Crippen LogP contribution < -0.4 is 11.1 Å². The molecule has 2 rings (SSSR count). The molecule has 3 N–H and O–H groups in total. The number of benzene rings is 2. The first-order valence-electron chi connectivity index (χ1n) is 5.91. The highest BCUT2D eigenvalue weighted by molar-refractivity contribution is 7.98. The number of nitrogens with one attached hydrogen (secondary N) is 1. The van der Waals surface area contributed by atoms with Crippen LogP contribution in [0.15, 0.2) is 47.4 Å². The molecule has 0 aliphatic rings. The van der Waals surface area contributed by atoms with Crippen molar-refractivity contribution < 1.29 is 0 Å². The fourth-order valence-electron chi connectivity index (χ4n) is 1.86. The zero-order valence-corrected chi connectivity index (χ0v) is 12.6. The first kappa shape index (κ1) is 13.9. The number of hydrogen-bond acceptors (Lipinski definition) is 3. The molecule has 0 aliphatic heterocycles. The highest BCUT2D eigenvalue weighted by Gasteiger charge is 2.03. The monoisotopic (exact) mass is 288 g/mol. The third-order valence-electron chi connectivity index (χ3n) is 2.87. The third kappa shape index (κ3) is 3.49. The molecule has 0 amide bonds. The molecule has 4 heteroatoms. The highest BCUT2D eigenvalue weighted by Crippen LogP contribution is 2.22. The second-order valence-corrected chi connectivity index (χ2v) is 5.57. The van der Waals surface area contributed by atoms with Crippen molar-refractivity contribution in [3.05, 3.63) is 53.6 Å². The second kappa shape index (κ2) is 6.08. The Kier molecular flexibility index (Phi) is 4.45. The van der Waals surface area contributed by atoms with E-state index >= 15 is 0 Å². The van der Waals surface area contributed by atoms with E-state index in [-0.39, 0.29) is 0 Å². The van der Waals surface area contributed by atoms with Gasteiger partial charge in [-0.05, 0) is 61.2 Å². The molecule has 0 aromatic heterocycles. The number of thioether (sulfide) groups is 1. The van der Waals surface area contributed by atoms with Gasteiger partial charge in [-0.3, -0.25) is 0 Å². The van der Waals surface area contributed by atoms with Gasteiger partial charge in [0.05, 0.1) is 0 Å². The summed E-state index contributed by atoms with van der Waals surface area (Å²) in [4.78, 5) is 1.69. The van der Waals surface area contributed by atoms with Gasteiger partial charge in [0.15, 0.2) is 0 Å². The van der Waals surface area contributed by atoms with Crippen LogP contribution in [0.1, 0.15) is 11.1 Å².